The summed E-state index contributed by atoms with van der Waals surface area (Å²) >= 11 is 1.60. The molecule has 0 spiro atoms. The van der Waals surface area contributed by atoms with E-state index in [-0.39, 0.29) is 0 Å². The minimum atomic E-state index is 0.328. The highest BCUT2D eigenvalue weighted by atomic mass is 32.1. The van der Waals surface area contributed by atoms with E-state index in [0.29, 0.717) is 30.5 Å². The Morgan fingerprint density at radius 1 is 1.21 bits per heavy atom. The molecule has 0 aliphatic heterocycles. The lowest BCUT2D eigenvalue weighted by molar-refractivity contribution is 0.375. The molecular formula is C16H14N6OS. The Balaban J connectivity index is 1.47. The zero-order valence-electron chi connectivity index (χ0n) is 13.0. The van der Waals surface area contributed by atoms with Gasteiger partial charge in [0.05, 0.1) is 6.42 Å². The molecular weight excluding hydrogens is 324 g/mol. The van der Waals surface area contributed by atoms with Gasteiger partial charge in [0.25, 0.3) is 0 Å². The summed E-state index contributed by atoms with van der Waals surface area (Å²) in [5.41, 5.74) is 3.33. The third kappa shape index (κ3) is 3.09. The van der Waals surface area contributed by atoms with Crippen LogP contribution in [-0.2, 0) is 13.0 Å². The van der Waals surface area contributed by atoms with Gasteiger partial charge in [0.15, 0.2) is 5.82 Å². The van der Waals surface area contributed by atoms with Gasteiger partial charge in [-0.15, -0.1) is 10.2 Å². The second-order valence-corrected chi connectivity index (χ2v) is 6.14. The van der Waals surface area contributed by atoms with Crippen LogP contribution in [0.15, 0.2) is 45.6 Å². The van der Waals surface area contributed by atoms with Crippen molar-refractivity contribution in [1.82, 2.24) is 30.3 Å². The van der Waals surface area contributed by atoms with Crippen LogP contribution >= 0.6 is 11.3 Å². The van der Waals surface area contributed by atoms with Gasteiger partial charge in [0.2, 0.25) is 11.7 Å². The van der Waals surface area contributed by atoms with Crippen LogP contribution < -0.4 is 0 Å². The first-order chi connectivity index (χ1) is 11.8. The first-order valence-corrected chi connectivity index (χ1v) is 8.38. The highest BCUT2D eigenvalue weighted by molar-refractivity contribution is 7.08. The van der Waals surface area contributed by atoms with E-state index in [1.165, 1.54) is 15.9 Å². The molecule has 7 nitrogen and oxygen atoms in total. The number of hydrogen-bond donors (Lipinski definition) is 0. The van der Waals surface area contributed by atoms with Crippen LogP contribution in [0.2, 0.25) is 0 Å². The molecule has 1 aromatic carbocycles. The van der Waals surface area contributed by atoms with Crippen molar-refractivity contribution < 1.29 is 4.52 Å². The molecule has 3 heterocycles. The number of rotatable bonds is 5. The Morgan fingerprint density at radius 3 is 2.96 bits per heavy atom. The molecule has 8 heteroatoms. The van der Waals surface area contributed by atoms with Gasteiger partial charge in [0.1, 0.15) is 6.54 Å². The Hall–Kier alpha value is -2.87. The molecule has 3 aromatic heterocycles. The lowest BCUT2D eigenvalue weighted by Gasteiger charge is -2.00. The van der Waals surface area contributed by atoms with Crippen LogP contribution in [0.5, 0.6) is 0 Å². The normalized spacial score (nSPS) is 11.0. The topological polar surface area (TPSA) is 82.5 Å². The number of thiophene rings is 1. The summed E-state index contributed by atoms with van der Waals surface area (Å²) < 4.78 is 5.33. The number of aryl methyl sites for hydroxylation is 1. The van der Waals surface area contributed by atoms with E-state index in [1.54, 1.807) is 11.3 Å². The third-order valence-corrected chi connectivity index (χ3v) is 4.31. The van der Waals surface area contributed by atoms with Crippen molar-refractivity contribution in [2.75, 3.05) is 0 Å². The van der Waals surface area contributed by atoms with E-state index in [9.17, 15) is 0 Å². The molecule has 0 radical (unpaired) electrons. The van der Waals surface area contributed by atoms with E-state index in [1.807, 2.05) is 29.0 Å². The fourth-order valence-corrected chi connectivity index (χ4v) is 2.98. The Labute approximate surface area is 142 Å². The van der Waals surface area contributed by atoms with Crippen molar-refractivity contribution in [1.29, 1.82) is 0 Å². The third-order valence-electron chi connectivity index (χ3n) is 3.63. The standard InChI is InChI=1S/C16H14N6OS/c1-11-4-2-3-5-12(11)8-15-17-14(20-23-15)9-22-19-16(18-21-22)13-6-7-24-10-13/h2-7,10H,8-9H2,1H3. The van der Waals surface area contributed by atoms with Crippen LogP contribution in [-0.4, -0.2) is 30.3 Å². The summed E-state index contributed by atoms with van der Waals surface area (Å²) in [5, 5.41) is 20.4. The second-order valence-electron chi connectivity index (χ2n) is 5.36. The quantitative estimate of drug-likeness (QED) is 0.556. The summed E-state index contributed by atoms with van der Waals surface area (Å²) in [6.45, 7) is 2.40. The van der Waals surface area contributed by atoms with Crippen LogP contribution in [0.1, 0.15) is 22.8 Å². The Kier molecular flexibility index (Phi) is 3.87. The van der Waals surface area contributed by atoms with E-state index >= 15 is 0 Å². The van der Waals surface area contributed by atoms with Gasteiger partial charge in [-0.25, -0.2) is 0 Å². The monoisotopic (exact) mass is 338 g/mol. The van der Waals surface area contributed by atoms with Crippen molar-refractivity contribution in [3.8, 4) is 11.4 Å². The van der Waals surface area contributed by atoms with Crippen molar-refractivity contribution in [3.63, 3.8) is 0 Å². The molecule has 0 saturated carbocycles. The number of hydrogen-bond acceptors (Lipinski definition) is 7. The van der Waals surface area contributed by atoms with Gasteiger partial charge in [-0.2, -0.15) is 21.1 Å². The Morgan fingerprint density at radius 2 is 2.12 bits per heavy atom. The zero-order chi connectivity index (χ0) is 16.4. The van der Waals surface area contributed by atoms with Gasteiger partial charge in [-0.3, -0.25) is 0 Å². The molecule has 0 amide bonds. The van der Waals surface area contributed by atoms with Gasteiger partial charge < -0.3 is 4.52 Å². The second kappa shape index (κ2) is 6.32. The smallest absolute Gasteiger partial charge is 0.231 e. The van der Waals surface area contributed by atoms with E-state index in [0.717, 1.165) is 5.56 Å². The minimum Gasteiger partial charge on any atom is -0.339 e. The average Bonchev–Trinajstić information content (AvgIpc) is 3.32. The SMILES string of the molecule is Cc1ccccc1Cc1nc(Cn2nnc(-c3ccsc3)n2)no1. The molecule has 0 bridgehead atoms. The largest absolute Gasteiger partial charge is 0.339 e. The van der Waals surface area contributed by atoms with Gasteiger partial charge >= 0.3 is 0 Å². The van der Waals surface area contributed by atoms with Crippen molar-refractivity contribution in [3.05, 3.63) is 63.9 Å². The number of nitrogens with zero attached hydrogens (tertiary/aromatic N) is 6. The van der Waals surface area contributed by atoms with Crippen LogP contribution in [0.3, 0.4) is 0 Å². The van der Waals surface area contributed by atoms with Gasteiger partial charge in [-0.1, -0.05) is 29.4 Å². The van der Waals surface area contributed by atoms with E-state index in [2.05, 4.69) is 44.6 Å². The predicted molar refractivity (Wildman–Crippen MR) is 88.5 cm³/mol. The van der Waals surface area contributed by atoms with Crippen molar-refractivity contribution >= 4 is 11.3 Å². The first-order valence-electron chi connectivity index (χ1n) is 7.44. The molecule has 24 heavy (non-hydrogen) atoms. The zero-order valence-corrected chi connectivity index (χ0v) is 13.8. The minimum absolute atomic E-state index is 0.328. The fraction of sp³-hybridized carbons (Fsp3) is 0.188. The van der Waals surface area contributed by atoms with Crippen molar-refractivity contribution in [2.24, 2.45) is 0 Å². The van der Waals surface area contributed by atoms with Crippen LogP contribution in [0.4, 0.5) is 0 Å². The maximum Gasteiger partial charge on any atom is 0.231 e. The highest BCUT2D eigenvalue weighted by Crippen LogP contribution is 2.17. The summed E-state index contributed by atoms with van der Waals surface area (Å²) in [6.07, 6.45) is 0.616. The first kappa shape index (κ1) is 14.7. The average molecular weight is 338 g/mol. The molecule has 0 aliphatic carbocycles. The van der Waals surface area contributed by atoms with Gasteiger partial charge in [0, 0.05) is 10.9 Å². The van der Waals surface area contributed by atoms with Crippen LogP contribution in [0.25, 0.3) is 11.4 Å². The molecule has 4 aromatic rings. The molecule has 4 rings (SSSR count). The number of benzene rings is 1. The maximum absolute atomic E-state index is 5.33. The predicted octanol–water partition coefficient (Wildman–Crippen LogP) is 2.73. The summed E-state index contributed by atoms with van der Waals surface area (Å²) in [5.74, 6) is 1.71. The summed E-state index contributed by atoms with van der Waals surface area (Å²) in [4.78, 5) is 5.88. The number of aromatic nitrogens is 6. The fourth-order valence-electron chi connectivity index (χ4n) is 2.34. The lowest BCUT2D eigenvalue weighted by Crippen LogP contribution is -2.05. The molecule has 0 fully saturated rings. The van der Waals surface area contributed by atoms with Crippen LogP contribution in [0, 0.1) is 6.92 Å². The Bertz CT molecular complexity index is 943. The molecule has 0 N–H and O–H groups in total. The highest BCUT2D eigenvalue weighted by Gasteiger charge is 2.12. The van der Waals surface area contributed by atoms with E-state index in [4.69, 9.17) is 4.52 Å². The van der Waals surface area contributed by atoms with Crippen molar-refractivity contribution in [2.45, 2.75) is 19.9 Å². The molecule has 0 aliphatic rings. The van der Waals surface area contributed by atoms with Gasteiger partial charge in [-0.05, 0) is 34.7 Å². The van der Waals surface area contributed by atoms with E-state index < -0.39 is 0 Å². The lowest BCUT2D eigenvalue weighted by atomic mass is 10.1. The summed E-state index contributed by atoms with van der Waals surface area (Å²) in [7, 11) is 0. The molecule has 0 saturated heterocycles. The molecule has 0 unspecified atom stereocenters. The molecule has 0 atom stereocenters. The summed E-state index contributed by atoms with van der Waals surface area (Å²) in [6, 6.07) is 10.1. The molecule has 120 valence electrons. The number of tetrazole rings is 1. The maximum atomic E-state index is 5.33.